The van der Waals surface area contributed by atoms with E-state index in [1.807, 2.05) is 6.07 Å². The maximum atomic E-state index is 6.34. The Kier molecular flexibility index (Phi) is 5.72. The van der Waals surface area contributed by atoms with E-state index in [2.05, 4.69) is 53.6 Å². The zero-order valence-electron chi connectivity index (χ0n) is 17.4. The lowest BCUT2D eigenvalue weighted by Gasteiger charge is -2.31. The predicted octanol–water partition coefficient (Wildman–Crippen LogP) is 5.96. The Morgan fingerprint density at radius 3 is 2.67 bits per heavy atom. The van der Waals surface area contributed by atoms with Crippen molar-refractivity contribution in [1.82, 2.24) is 10.3 Å². The second-order valence-corrected chi connectivity index (χ2v) is 8.90. The van der Waals surface area contributed by atoms with Crippen molar-refractivity contribution in [3.63, 3.8) is 0 Å². The summed E-state index contributed by atoms with van der Waals surface area (Å²) in [6.07, 6.45) is 4.53. The first-order valence-corrected chi connectivity index (χ1v) is 11.5. The smallest absolute Gasteiger partial charge is 0.119 e. The fraction of sp³-hybridized carbons (Fsp3) is 0.440. The van der Waals surface area contributed by atoms with Crippen molar-refractivity contribution in [3.8, 4) is 5.75 Å². The highest BCUT2D eigenvalue weighted by molar-refractivity contribution is 6.31. The van der Waals surface area contributed by atoms with E-state index in [1.54, 1.807) is 0 Å². The quantitative estimate of drug-likeness (QED) is 0.531. The Labute approximate surface area is 182 Å². The lowest BCUT2D eigenvalue weighted by atomic mass is 9.85. The van der Waals surface area contributed by atoms with E-state index < -0.39 is 0 Å². The molecule has 3 aromatic rings. The van der Waals surface area contributed by atoms with E-state index in [-0.39, 0.29) is 12.1 Å². The third-order valence-electron chi connectivity index (χ3n) is 6.42. The van der Waals surface area contributed by atoms with E-state index >= 15 is 0 Å². The van der Waals surface area contributed by atoms with Gasteiger partial charge in [0.1, 0.15) is 11.9 Å². The largest absolute Gasteiger partial charge is 0.490 e. The van der Waals surface area contributed by atoms with Crippen LogP contribution in [-0.4, -0.2) is 30.8 Å². The van der Waals surface area contributed by atoms with Gasteiger partial charge in [-0.1, -0.05) is 37.1 Å². The minimum absolute atomic E-state index is 0.149. The van der Waals surface area contributed by atoms with Crippen molar-refractivity contribution in [2.75, 3.05) is 19.8 Å². The maximum Gasteiger partial charge on any atom is 0.119 e. The van der Waals surface area contributed by atoms with Crippen molar-refractivity contribution < 1.29 is 9.47 Å². The van der Waals surface area contributed by atoms with Gasteiger partial charge in [-0.15, -0.1) is 0 Å². The summed E-state index contributed by atoms with van der Waals surface area (Å²) >= 11 is 6.34. The summed E-state index contributed by atoms with van der Waals surface area (Å²) in [7, 11) is 0. The summed E-state index contributed by atoms with van der Waals surface area (Å²) in [6, 6.07) is 14.9. The highest BCUT2D eigenvalue weighted by Crippen LogP contribution is 2.41. The van der Waals surface area contributed by atoms with Gasteiger partial charge in [0.05, 0.1) is 19.3 Å². The summed E-state index contributed by atoms with van der Waals surface area (Å²) in [4.78, 5) is 3.69. The van der Waals surface area contributed by atoms with Gasteiger partial charge in [-0.3, -0.25) is 0 Å². The molecule has 30 heavy (non-hydrogen) atoms. The molecule has 1 fully saturated rings. The fourth-order valence-electron chi connectivity index (χ4n) is 4.94. The van der Waals surface area contributed by atoms with Crippen molar-refractivity contribution in [2.24, 2.45) is 0 Å². The lowest BCUT2D eigenvalue weighted by molar-refractivity contribution is 0.0255. The molecule has 0 radical (unpaired) electrons. The number of aromatic amines is 1. The highest BCUT2D eigenvalue weighted by Gasteiger charge is 2.31. The number of fused-ring (bicyclic) bond motifs is 3. The molecule has 0 bridgehead atoms. The van der Waals surface area contributed by atoms with Crippen LogP contribution in [0.2, 0.25) is 5.02 Å². The van der Waals surface area contributed by atoms with Gasteiger partial charge in [-0.05, 0) is 53.8 Å². The third kappa shape index (κ3) is 3.84. The molecule has 158 valence electrons. The Bertz CT molecular complexity index is 1010. The van der Waals surface area contributed by atoms with Crippen LogP contribution in [0.5, 0.6) is 5.75 Å². The van der Waals surface area contributed by atoms with E-state index in [0.29, 0.717) is 5.92 Å². The molecule has 1 saturated heterocycles. The van der Waals surface area contributed by atoms with Crippen molar-refractivity contribution in [3.05, 3.63) is 64.3 Å². The summed E-state index contributed by atoms with van der Waals surface area (Å²) < 4.78 is 11.6. The Balaban J connectivity index is 1.45. The number of ether oxygens (including phenoxy) is 2. The average molecular weight is 425 g/mol. The molecule has 2 atom stereocenters. The molecule has 2 aliphatic heterocycles. The first kappa shape index (κ1) is 19.9. The molecule has 0 aliphatic carbocycles. The summed E-state index contributed by atoms with van der Waals surface area (Å²) in [6.45, 7) is 4.82. The molecule has 2 N–H and O–H groups in total. The number of hydrogen-bond acceptors (Lipinski definition) is 3. The second kappa shape index (κ2) is 8.62. The molecule has 5 rings (SSSR count). The SMILES string of the molecule is CCCC1CNC(c2ccc(OC3CCOCC3)cc2)c2[nH]c3ccc(Cl)cc3c21. The molecule has 3 heterocycles. The average Bonchev–Trinajstić information content (AvgIpc) is 3.15. The first-order valence-electron chi connectivity index (χ1n) is 11.1. The number of benzene rings is 2. The molecule has 0 amide bonds. The van der Waals surface area contributed by atoms with Crippen LogP contribution in [0.3, 0.4) is 0 Å². The molecule has 5 heteroatoms. The van der Waals surface area contributed by atoms with Gasteiger partial charge < -0.3 is 19.8 Å². The number of nitrogens with one attached hydrogen (secondary N) is 2. The number of halogens is 1. The van der Waals surface area contributed by atoms with Crippen molar-refractivity contribution in [2.45, 2.75) is 50.7 Å². The fourth-order valence-corrected chi connectivity index (χ4v) is 5.11. The van der Waals surface area contributed by atoms with Crippen LogP contribution in [-0.2, 0) is 4.74 Å². The molecular formula is C25H29ClN2O2. The maximum absolute atomic E-state index is 6.34. The molecule has 2 aliphatic rings. The summed E-state index contributed by atoms with van der Waals surface area (Å²) in [5, 5.41) is 5.84. The van der Waals surface area contributed by atoms with E-state index in [4.69, 9.17) is 21.1 Å². The molecular weight excluding hydrogens is 396 g/mol. The predicted molar refractivity (Wildman–Crippen MR) is 122 cm³/mol. The number of rotatable bonds is 5. The minimum Gasteiger partial charge on any atom is -0.490 e. The van der Waals surface area contributed by atoms with Gasteiger partial charge in [-0.2, -0.15) is 0 Å². The van der Waals surface area contributed by atoms with Crippen LogP contribution in [0.15, 0.2) is 42.5 Å². The van der Waals surface area contributed by atoms with Gasteiger partial charge in [0.25, 0.3) is 0 Å². The molecule has 1 aromatic heterocycles. The van der Waals surface area contributed by atoms with E-state index in [1.165, 1.54) is 40.6 Å². The number of aromatic nitrogens is 1. The van der Waals surface area contributed by atoms with Gasteiger partial charge in [-0.25, -0.2) is 0 Å². The van der Waals surface area contributed by atoms with Crippen LogP contribution in [0.25, 0.3) is 10.9 Å². The van der Waals surface area contributed by atoms with Crippen LogP contribution in [0.4, 0.5) is 0 Å². The Hall–Kier alpha value is -2.01. The van der Waals surface area contributed by atoms with Crippen molar-refractivity contribution in [1.29, 1.82) is 0 Å². The Morgan fingerprint density at radius 2 is 1.90 bits per heavy atom. The van der Waals surface area contributed by atoms with Gasteiger partial charge in [0, 0.05) is 41.0 Å². The van der Waals surface area contributed by atoms with Crippen LogP contribution in [0, 0.1) is 0 Å². The van der Waals surface area contributed by atoms with Gasteiger partial charge >= 0.3 is 0 Å². The summed E-state index contributed by atoms with van der Waals surface area (Å²) in [5.74, 6) is 1.44. The van der Waals surface area contributed by atoms with Crippen molar-refractivity contribution >= 4 is 22.5 Å². The van der Waals surface area contributed by atoms with Crippen LogP contribution >= 0.6 is 11.6 Å². The molecule has 0 saturated carbocycles. The minimum atomic E-state index is 0.149. The standard InChI is InChI=1S/C25H29ClN2O2/c1-2-3-17-15-27-24(25-23(17)21-14-18(26)6-9-22(21)28-25)16-4-7-19(8-5-16)30-20-10-12-29-13-11-20/h4-9,14,17,20,24,27-28H,2-3,10-13,15H2,1H3. The molecule has 0 spiro atoms. The first-order chi connectivity index (χ1) is 14.7. The monoisotopic (exact) mass is 424 g/mol. The van der Waals surface area contributed by atoms with E-state index in [9.17, 15) is 0 Å². The van der Waals surface area contributed by atoms with E-state index in [0.717, 1.165) is 43.4 Å². The normalized spacial score (nSPS) is 22.2. The third-order valence-corrected chi connectivity index (χ3v) is 6.65. The van der Waals surface area contributed by atoms with Gasteiger partial charge in [0.2, 0.25) is 0 Å². The molecule has 2 unspecified atom stereocenters. The lowest BCUT2D eigenvalue weighted by Crippen LogP contribution is -2.33. The van der Waals surface area contributed by atoms with Crippen LogP contribution in [0.1, 0.15) is 61.4 Å². The topological polar surface area (TPSA) is 46.3 Å². The van der Waals surface area contributed by atoms with Gasteiger partial charge in [0.15, 0.2) is 0 Å². The zero-order chi connectivity index (χ0) is 20.5. The summed E-state index contributed by atoms with van der Waals surface area (Å²) in [5.41, 5.74) is 5.12. The molecule has 4 nitrogen and oxygen atoms in total. The number of hydrogen-bond donors (Lipinski definition) is 2. The van der Waals surface area contributed by atoms with Crippen LogP contribution < -0.4 is 10.1 Å². The number of H-pyrrole nitrogens is 1. The molecule has 2 aromatic carbocycles. The Morgan fingerprint density at radius 1 is 1.10 bits per heavy atom. The highest BCUT2D eigenvalue weighted by atomic mass is 35.5. The second-order valence-electron chi connectivity index (χ2n) is 8.47. The zero-order valence-corrected chi connectivity index (χ0v) is 18.2.